The summed E-state index contributed by atoms with van der Waals surface area (Å²) >= 11 is 0. The van der Waals surface area contributed by atoms with Crippen LogP contribution in [-0.4, -0.2) is 23.6 Å². The maximum Gasteiger partial charge on any atom is 0.165 e. The zero-order chi connectivity index (χ0) is 15.4. The molecular formula is C16H20FN3O. The second kappa shape index (κ2) is 6.52. The van der Waals surface area contributed by atoms with Gasteiger partial charge in [-0.2, -0.15) is 0 Å². The molecule has 21 heavy (non-hydrogen) atoms. The average Bonchev–Trinajstić information content (AvgIpc) is 2.47. The maximum absolute atomic E-state index is 13.8. The van der Waals surface area contributed by atoms with Crippen molar-refractivity contribution in [1.29, 1.82) is 0 Å². The van der Waals surface area contributed by atoms with Crippen LogP contribution in [0.1, 0.15) is 32.4 Å². The normalized spacial score (nSPS) is 10.8. The summed E-state index contributed by atoms with van der Waals surface area (Å²) < 4.78 is 18.8. The number of aromatic nitrogens is 2. The van der Waals surface area contributed by atoms with Gasteiger partial charge in [0.25, 0.3) is 0 Å². The number of halogens is 1. The summed E-state index contributed by atoms with van der Waals surface area (Å²) in [4.78, 5) is 8.97. The van der Waals surface area contributed by atoms with Gasteiger partial charge in [-0.1, -0.05) is 13.8 Å². The van der Waals surface area contributed by atoms with Crippen LogP contribution in [0.5, 0.6) is 5.75 Å². The van der Waals surface area contributed by atoms with Crippen LogP contribution in [0.4, 0.5) is 10.2 Å². The Labute approximate surface area is 124 Å². The lowest BCUT2D eigenvalue weighted by Crippen LogP contribution is -2.05. The highest BCUT2D eigenvalue weighted by Gasteiger charge is 2.11. The Bertz CT molecular complexity index is 629. The molecule has 112 valence electrons. The molecular weight excluding hydrogens is 269 g/mol. The second-order valence-corrected chi connectivity index (χ2v) is 5.04. The first kappa shape index (κ1) is 15.2. The molecule has 0 aliphatic heterocycles. The fourth-order valence-electron chi connectivity index (χ4n) is 1.97. The Morgan fingerprint density at radius 1 is 1.24 bits per heavy atom. The van der Waals surface area contributed by atoms with Gasteiger partial charge in [0.05, 0.1) is 7.11 Å². The van der Waals surface area contributed by atoms with Gasteiger partial charge in [-0.15, -0.1) is 0 Å². The van der Waals surface area contributed by atoms with Crippen molar-refractivity contribution >= 4 is 5.82 Å². The molecule has 0 atom stereocenters. The van der Waals surface area contributed by atoms with Crippen molar-refractivity contribution < 1.29 is 9.13 Å². The fourth-order valence-corrected chi connectivity index (χ4v) is 1.97. The molecule has 0 radical (unpaired) electrons. The van der Waals surface area contributed by atoms with E-state index >= 15 is 0 Å². The Balaban J connectivity index is 2.49. The molecule has 0 spiro atoms. The molecule has 0 aliphatic carbocycles. The first-order valence-corrected chi connectivity index (χ1v) is 7.02. The monoisotopic (exact) mass is 289 g/mol. The van der Waals surface area contributed by atoms with E-state index in [1.54, 1.807) is 12.1 Å². The molecule has 0 saturated heterocycles. The van der Waals surface area contributed by atoms with E-state index in [-0.39, 0.29) is 11.7 Å². The Morgan fingerprint density at radius 3 is 2.57 bits per heavy atom. The molecule has 1 aromatic heterocycles. The molecule has 1 aromatic carbocycles. The van der Waals surface area contributed by atoms with E-state index in [0.29, 0.717) is 11.4 Å². The third-order valence-corrected chi connectivity index (χ3v) is 3.11. The van der Waals surface area contributed by atoms with E-state index < -0.39 is 5.82 Å². The number of benzene rings is 1. The van der Waals surface area contributed by atoms with Crippen molar-refractivity contribution in [2.75, 3.05) is 19.0 Å². The highest BCUT2D eigenvalue weighted by atomic mass is 19.1. The molecule has 0 aliphatic rings. The van der Waals surface area contributed by atoms with Crippen LogP contribution in [0, 0.1) is 5.82 Å². The number of ether oxygens (including phenoxy) is 1. The molecule has 0 saturated carbocycles. The van der Waals surface area contributed by atoms with E-state index in [0.717, 1.165) is 18.1 Å². The van der Waals surface area contributed by atoms with Crippen molar-refractivity contribution in [1.82, 2.24) is 9.97 Å². The van der Waals surface area contributed by atoms with Gasteiger partial charge in [-0.05, 0) is 31.0 Å². The summed E-state index contributed by atoms with van der Waals surface area (Å²) in [6.07, 6.45) is 0. The molecule has 5 heteroatoms. The first-order valence-electron chi connectivity index (χ1n) is 7.02. The van der Waals surface area contributed by atoms with Gasteiger partial charge in [0.1, 0.15) is 5.82 Å². The predicted octanol–water partition coefficient (Wildman–Crippen LogP) is 3.85. The minimum Gasteiger partial charge on any atom is -0.494 e. The highest BCUT2D eigenvalue weighted by Crippen LogP contribution is 2.26. The number of methoxy groups -OCH3 is 1. The van der Waals surface area contributed by atoms with Gasteiger partial charge < -0.3 is 10.1 Å². The average molecular weight is 289 g/mol. The van der Waals surface area contributed by atoms with Gasteiger partial charge in [-0.25, -0.2) is 14.4 Å². The number of hydrogen-bond donors (Lipinski definition) is 1. The SMILES string of the molecule is CCNc1cc(C(C)C)nc(-c2ccc(OC)c(F)c2)n1. The third-order valence-electron chi connectivity index (χ3n) is 3.11. The van der Waals surface area contributed by atoms with Gasteiger partial charge in [-0.3, -0.25) is 0 Å². The summed E-state index contributed by atoms with van der Waals surface area (Å²) in [5.74, 6) is 1.33. The van der Waals surface area contributed by atoms with Crippen molar-refractivity contribution in [3.63, 3.8) is 0 Å². The topological polar surface area (TPSA) is 47.0 Å². The summed E-state index contributed by atoms with van der Waals surface area (Å²) in [6.45, 7) is 6.90. The smallest absolute Gasteiger partial charge is 0.165 e. The van der Waals surface area contributed by atoms with E-state index in [9.17, 15) is 4.39 Å². The second-order valence-electron chi connectivity index (χ2n) is 5.04. The Kier molecular flexibility index (Phi) is 4.73. The lowest BCUT2D eigenvalue weighted by Gasteiger charge is -2.11. The Hall–Kier alpha value is -2.17. The fraction of sp³-hybridized carbons (Fsp3) is 0.375. The van der Waals surface area contributed by atoms with Crippen molar-refractivity contribution in [3.05, 3.63) is 35.8 Å². The molecule has 2 aromatic rings. The zero-order valence-corrected chi connectivity index (χ0v) is 12.8. The summed E-state index contributed by atoms with van der Waals surface area (Å²) in [7, 11) is 1.44. The van der Waals surface area contributed by atoms with E-state index in [4.69, 9.17) is 4.74 Å². The minimum atomic E-state index is -0.418. The molecule has 4 nitrogen and oxygen atoms in total. The Morgan fingerprint density at radius 2 is 2.00 bits per heavy atom. The number of rotatable bonds is 5. The zero-order valence-electron chi connectivity index (χ0n) is 12.8. The first-order chi connectivity index (χ1) is 10.0. The molecule has 0 unspecified atom stereocenters. The summed E-state index contributed by atoms with van der Waals surface area (Å²) in [6, 6.07) is 6.67. The molecule has 0 bridgehead atoms. The van der Waals surface area contributed by atoms with Gasteiger partial charge >= 0.3 is 0 Å². The lowest BCUT2D eigenvalue weighted by atomic mass is 10.1. The number of hydrogen-bond acceptors (Lipinski definition) is 4. The van der Waals surface area contributed by atoms with Crippen LogP contribution in [-0.2, 0) is 0 Å². The van der Waals surface area contributed by atoms with Gasteiger partial charge in [0.2, 0.25) is 0 Å². The van der Waals surface area contributed by atoms with Gasteiger partial charge in [0, 0.05) is 23.9 Å². The third kappa shape index (κ3) is 3.48. The number of nitrogens with zero attached hydrogens (tertiary/aromatic N) is 2. The van der Waals surface area contributed by atoms with Gasteiger partial charge in [0.15, 0.2) is 17.4 Å². The number of nitrogens with one attached hydrogen (secondary N) is 1. The molecule has 0 amide bonds. The minimum absolute atomic E-state index is 0.214. The van der Waals surface area contributed by atoms with Crippen LogP contribution >= 0.6 is 0 Å². The van der Waals surface area contributed by atoms with Crippen molar-refractivity contribution in [3.8, 4) is 17.1 Å². The standard InChI is InChI=1S/C16H20FN3O/c1-5-18-15-9-13(10(2)3)19-16(20-15)11-6-7-14(21-4)12(17)8-11/h6-10H,5H2,1-4H3,(H,18,19,20). The van der Waals surface area contributed by atoms with Crippen LogP contribution in [0.3, 0.4) is 0 Å². The van der Waals surface area contributed by atoms with Crippen LogP contribution in [0.2, 0.25) is 0 Å². The highest BCUT2D eigenvalue weighted by molar-refractivity contribution is 5.59. The predicted molar refractivity (Wildman–Crippen MR) is 82.2 cm³/mol. The van der Waals surface area contributed by atoms with Crippen molar-refractivity contribution in [2.45, 2.75) is 26.7 Å². The quantitative estimate of drug-likeness (QED) is 0.908. The molecule has 0 fully saturated rings. The van der Waals surface area contributed by atoms with E-state index in [1.165, 1.54) is 13.2 Å². The van der Waals surface area contributed by atoms with E-state index in [1.807, 2.05) is 13.0 Å². The summed E-state index contributed by atoms with van der Waals surface area (Å²) in [5, 5.41) is 3.18. The largest absolute Gasteiger partial charge is 0.494 e. The van der Waals surface area contributed by atoms with E-state index in [2.05, 4.69) is 29.1 Å². The molecule has 2 rings (SSSR count). The van der Waals surface area contributed by atoms with Crippen LogP contribution < -0.4 is 10.1 Å². The van der Waals surface area contributed by atoms with Crippen LogP contribution in [0.15, 0.2) is 24.3 Å². The van der Waals surface area contributed by atoms with Crippen LogP contribution in [0.25, 0.3) is 11.4 Å². The van der Waals surface area contributed by atoms with Crippen molar-refractivity contribution in [2.24, 2.45) is 0 Å². The summed E-state index contributed by atoms with van der Waals surface area (Å²) in [5.41, 5.74) is 1.56. The lowest BCUT2D eigenvalue weighted by molar-refractivity contribution is 0.386. The number of anilines is 1. The molecule has 1 heterocycles. The molecule has 1 N–H and O–H groups in total. The maximum atomic E-state index is 13.8.